The third kappa shape index (κ3) is 5.09. The van der Waals surface area contributed by atoms with Gasteiger partial charge in [0.1, 0.15) is 23.6 Å². The quantitative estimate of drug-likeness (QED) is 0.338. The number of halogens is 6. The first kappa shape index (κ1) is 30.8. The van der Waals surface area contributed by atoms with Gasteiger partial charge in [0, 0.05) is 18.3 Å². The van der Waals surface area contributed by atoms with Gasteiger partial charge in [-0.15, -0.1) is 0 Å². The molecule has 0 aliphatic carbocycles. The van der Waals surface area contributed by atoms with Gasteiger partial charge in [0.15, 0.2) is 5.82 Å². The molecule has 3 atom stereocenters. The Bertz CT molecular complexity index is 1650. The number of nitrogen functional groups attached to an aromatic ring is 1. The second-order valence-electron chi connectivity index (χ2n) is 10.5. The van der Waals surface area contributed by atoms with Crippen LogP contribution in [-0.2, 0) is 4.79 Å². The van der Waals surface area contributed by atoms with Crippen LogP contribution in [0.5, 0.6) is 5.88 Å². The SMILES string of the molecule is COc1nccc(-c2cc(C(=O)N3CC(F)(F)C3)c3c(N)ncnn23)c1C(=O)N[C@@H]1CN(C(=O)[C@@](C)(O)C(F)(F)F)C[C@@H]1F. The molecule has 0 unspecified atom stereocenters. The molecule has 44 heavy (non-hydrogen) atoms. The minimum atomic E-state index is -5.33. The monoisotopic (exact) mass is 630 g/mol. The lowest BCUT2D eigenvalue weighted by Gasteiger charge is -2.38. The largest absolute Gasteiger partial charge is 0.480 e. The summed E-state index contributed by atoms with van der Waals surface area (Å²) in [5.74, 6) is -7.15. The fraction of sp³-hybridized carbons (Fsp3) is 0.440. The molecule has 3 aromatic heterocycles. The predicted molar refractivity (Wildman–Crippen MR) is 137 cm³/mol. The predicted octanol–water partition coefficient (Wildman–Crippen LogP) is 1.07. The third-order valence-electron chi connectivity index (χ3n) is 7.38. The summed E-state index contributed by atoms with van der Waals surface area (Å²) in [6.07, 6.45) is -5.07. The molecular formula is C25H24F6N8O5. The lowest BCUT2D eigenvalue weighted by molar-refractivity contribution is -0.249. The molecule has 0 aromatic carbocycles. The molecule has 0 radical (unpaired) electrons. The number of likely N-dealkylation sites (tertiary alicyclic amines) is 2. The Labute approximate surface area is 243 Å². The summed E-state index contributed by atoms with van der Waals surface area (Å²) in [5.41, 5.74) is 1.75. The number of pyridine rings is 1. The first-order valence-corrected chi connectivity index (χ1v) is 12.8. The number of carbonyl (C=O) groups excluding carboxylic acids is 3. The molecule has 19 heteroatoms. The van der Waals surface area contributed by atoms with Gasteiger partial charge in [0.25, 0.3) is 23.6 Å². The number of fused-ring (bicyclic) bond motifs is 1. The number of amides is 3. The maximum atomic E-state index is 14.9. The van der Waals surface area contributed by atoms with E-state index >= 15 is 0 Å². The topological polar surface area (TPSA) is 168 Å². The molecular weight excluding hydrogens is 606 g/mol. The van der Waals surface area contributed by atoms with Gasteiger partial charge < -0.3 is 30.7 Å². The molecule has 0 spiro atoms. The highest BCUT2D eigenvalue weighted by atomic mass is 19.4. The Morgan fingerprint density at radius 1 is 1.16 bits per heavy atom. The highest BCUT2D eigenvalue weighted by Crippen LogP contribution is 2.36. The van der Waals surface area contributed by atoms with Crippen molar-refractivity contribution in [3.63, 3.8) is 0 Å². The Balaban J connectivity index is 1.50. The van der Waals surface area contributed by atoms with E-state index in [0.717, 1.165) is 15.7 Å². The van der Waals surface area contributed by atoms with E-state index in [2.05, 4.69) is 20.4 Å². The van der Waals surface area contributed by atoms with Crippen molar-refractivity contribution < 1.29 is 50.6 Å². The molecule has 2 aliphatic heterocycles. The van der Waals surface area contributed by atoms with Crippen molar-refractivity contribution in [1.82, 2.24) is 34.7 Å². The molecule has 2 saturated heterocycles. The smallest absolute Gasteiger partial charge is 0.426 e. The van der Waals surface area contributed by atoms with E-state index in [1.165, 1.54) is 25.4 Å². The van der Waals surface area contributed by atoms with Crippen molar-refractivity contribution in [2.45, 2.75) is 36.8 Å². The van der Waals surface area contributed by atoms with E-state index in [-0.39, 0.29) is 46.5 Å². The van der Waals surface area contributed by atoms with Gasteiger partial charge in [-0.3, -0.25) is 14.4 Å². The number of aromatic nitrogens is 4. The van der Waals surface area contributed by atoms with Gasteiger partial charge in [0.05, 0.1) is 44.0 Å². The zero-order valence-corrected chi connectivity index (χ0v) is 22.9. The number of nitrogens with zero attached hydrogens (tertiary/aromatic N) is 6. The molecule has 0 bridgehead atoms. The van der Waals surface area contributed by atoms with Crippen LogP contribution in [0.1, 0.15) is 27.6 Å². The molecule has 3 aromatic rings. The highest BCUT2D eigenvalue weighted by Gasteiger charge is 2.58. The molecule has 0 saturated carbocycles. The fourth-order valence-electron chi connectivity index (χ4n) is 5.01. The Kier molecular flexibility index (Phi) is 7.34. The number of nitrogens with one attached hydrogen (secondary N) is 1. The van der Waals surface area contributed by atoms with Crippen molar-refractivity contribution in [2.75, 3.05) is 39.0 Å². The van der Waals surface area contributed by atoms with E-state index in [1.807, 2.05) is 0 Å². The van der Waals surface area contributed by atoms with E-state index < -0.39 is 73.8 Å². The number of ether oxygens (including phenoxy) is 1. The second kappa shape index (κ2) is 10.5. The molecule has 13 nitrogen and oxygen atoms in total. The van der Waals surface area contributed by atoms with Crippen LogP contribution in [0.25, 0.3) is 16.8 Å². The zero-order valence-electron chi connectivity index (χ0n) is 22.9. The van der Waals surface area contributed by atoms with Crippen molar-refractivity contribution in [3.8, 4) is 17.1 Å². The van der Waals surface area contributed by atoms with Gasteiger partial charge in [-0.1, -0.05) is 0 Å². The van der Waals surface area contributed by atoms with Crippen LogP contribution in [0, 0.1) is 0 Å². The summed E-state index contributed by atoms with van der Waals surface area (Å²) in [5, 5.41) is 16.1. The molecule has 2 fully saturated rings. The summed E-state index contributed by atoms with van der Waals surface area (Å²) >= 11 is 0. The Morgan fingerprint density at radius 3 is 2.45 bits per heavy atom. The molecule has 2 aliphatic rings. The average Bonchev–Trinajstić information content (AvgIpc) is 3.51. The standard InChI is InChI=1S/C25H24F6N8O5/c1-23(43,25(29,30)31)22(42)37-6-13(26)14(7-37)36-19(40)16-11(3-4-33-20(16)44-2)15-5-12(17-18(32)34-10-35-39(15)17)21(41)38-8-24(27,28)9-38/h3-5,10,13-14,43H,6-9H2,1-2H3,(H,36,40)(H2,32,34,35)/t13-,14+,23+/m0/s1. The van der Waals surface area contributed by atoms with Gasteiger partial charge in [-0.2, -0.15) is 18.3 Å². The van der Waals surface area contributed by atoms with Crippen LogP contribution in [-0.4, -0.2) is 115 Å². The van der Waals surface area contributed by atoms with Gasteiger partial charge in [-0.25, -0.2) is 27.7 Å². The molecule has 5 rings (SSSR count). The van der Waals surface area contributed by atoms with Crippen LogP contribution in [0.4, 0.5) is 32.2 Å². The molecule has 236 valence electrons. The van der Waals surface area contributed by atoms with Gasteiger partial charge >= 0.3 is 6.18 Å². The van der Waals surface area contributed by atoms with Crippen LogP contribution in [0.15, 0.2) is 24.7 Å². The van der Waals surface area contributed by atoms with Crippen LogP contribution < -0.4 is 15.8 Å². The number of carbonyl (C=O) groups is 3. The van der Waals surface area contributed by atoms with Gasteiger partial charge in [0.2, 0.25) is 11.5 Å². The molecule has 3 amide bonds. The summed E-state index contributed by atoms with van der Waals surface area (Å²) in [7, 11) is 1.17. The number of hydrogen-bond donors (Lipinski definition) is 3. The second-order valence-corrected chi connectivity index (χ2v) is 10.5. The number of hydrogen-bond acceptors (Lipinski definition) is 9. The van der Waals surface area contributed by atoms with Crippen molar-refractivity contribution >= 4 is 29.1 Å². The summed E-state index contributed by atoms with van der Waals surface area (Å²) in [6.45, 7) is -2.95. The minimum absolute atomic E-state index is 0.0109. The Hall–Kier alpha value is -4.68. The van der Waals surface area contributed by atoms with Crippen molar-refractivity contribution in [2.24, 2.45) is 0 Å². The van der Waals surface area contributed by atoms with Gasteiger partial charge in [-0.05, 0) is 19.1 Å². The normalized spacial score (nSPS) is 21.1. The number of rotatable bonds is 6. The maximum absolute atomic E-state index is 14.9. The number of methoxy groups -OCH3 is 1. The van der Waals surface area contributed by atoms with E-state index in [1.54, 1.807) is 0 Å². The maximum Gasteiger partial charge on any atom is 0.426 e. The highest BCUT2D eigenvalue weighted by molar-refractivity contribution is 6.08. The van der Waals surface area contributed by atoms with E-state index in [9.17, 15) is 45.8 Å². The van der Waals surface area contributed by atoms with Crippen molar-refractivity contribution in [3.05, 3.63) is 35.8 Å². The number of anilines is 1. The van der Waals surface area contributed by atoms with Crippen LogP contribution in [0.3, 0.4) is 0 Å². The lowest BCUT2D eigenvalue weighted by atomic mass is 10.0. The number of nitrogens with two attached hydrogens (primary N) is 1. The third-order valence-corrected chi connectivity index (χ3v) is 7.38. The lowest BCUT2D eigenvalue weighted by Crippen LogP contribution is -2.58. The van der Waals surface area contributed by atoms with E-state index in [0.29, 0.717) is 4.90 Å². The van der Waals surface area contributed by atoms with Crippen LogP contribution in [0.2, 0.25) is 0 Å². The first-order chi connectivity index (χ1) is 20.5. The fourth-order valence-corrected chi connectivity index (χ4v) is 5.01. The zero-order chi connectivity index (χ0) is 32.4. The molecule has 5 heterocycles. The minimum Gasteiger partial charge on any atom is -0.480 e. The first-order valence-electron chi connectivity index (χ1n) is 12.8. The summed E-state index contributed by atoms with van der Waals surface area (Å²) in [4.78, 5) is 48.3. The van der Waals surface area contributed by atoms with Crippen LogP contribution >= 0.6 is 0 Å². The number of aliphatic hydroxyl groups is 1. The van der Waals surface area contributed by atoms with E-state index in [4.69, 9.17) is 10.5 Å². The average molecular weight is 631 g/mol. The molecule has 4 N–H and O–H groups in total. The summed E-state index contributed by atoms with van der Waals surface area (Å²) < 4.78 is 87.9. The Morgan fingerprint density at radius 2 is 1.84 bits per heavy atom. The van der Waals surface area contributed by atoms with Crippen molar-refractivity contribution in [1.29, 1.82) is 0 Å². The number of alkyl halides is 6. The summed E-state index contributed by atoms with van der Waals surface area (Å²) in [6, 6.07) is 1.07.